The highest BCUT2D eigenvalue weighted by Gasteiger charge is 2.09. The Kier molecular flexibility index (Phi) is 3.60. The molecule has 2 aromatic heterocycles. The average Bonchev–Trinajstić information content (AvgIpc) is 3.16. The van der Waals surface area contributed by atoms with Gasteiger partial charge in [-0.05, 0) is 23.6 Å². The Morgan fingerprint density at radius 3 is 2.80 bits per heavy atom. The Hall–Kier alpha value is -2.40. The fourth-order valence-corrected chi connectivity index (χ4v) is 2.47. The van der Waals surface area contributed by atoms with Crippen LogP contribution in [0.25, 0.3) is 10.6 Å². The first kappa shape index (κ1) is 12.6. The molecule has 0 aliphatic rings. The van der Waals surface area contributed by atoms with Crippen LogP contribution < -0.4 is 5.32 Å². The summed E-state index contributed by atoms with van der Waals surface area (Å²) in [5.41, 5.74) is 1.34. The number of nitrogens with zero attached hydrogens (tertiary/aromatic N) is 1. The largest absolute Gasteiger partial charge is 0.355 e. The molecule has 0 bridgehead atoms. The summed E-state index contributed by atoms with van der Waals surface area (Å²) in [6.07, 6.45) is 0. The Bertz CT molecular complexity index is 690. The summed E-state index contributed by atoms with van der Waals surface area (Å²) in [6, 6.07) is 14.9. The van der Waals surface area contributed by atoms with E-state index in [0.29, 0.717) is 17.8 Å². The summed E-state index contributed by atoms with van der Waals surface area (Å²) in [7, 11) is 0. The molecule has 3 aromatic rings. The van der Waals surface area contributed by atoms with Crippen molar-refractivity contribution in [2.45, 2.75) is 6.54 Å². The topological polar surface area (TPSA) is 55.1 Å². The normalized spacial score (nSPS) is 10.4. The van der Waals surface area contributed by atoms with Crippen molar-refractivity contribution >= 4 is 17.2 Å². The number of carbonyl (C=O) groups excluding carboxylic acids is 1. The van der Waals surface area contributed by atoms with Crippen molar-refractivity contribution in [3.8, 4) is 10.6 Å². The zero-order chi connectivity index (χ0) is 13.8. The predicted octanol–water partition coefficient (Wildman–Crippen LogP) is 3.33. The van der Waals surface area contributed by atoms with Crippen LogP contribution in [0.1, 0.15) is 16.1 Å². The molecule has 2 heterocycles. The molecule has 0 saturated heterocycles. The predicted molar refractivity (Wildman–Crippen MR) is 77.4 cm³/mol. The molecule has 0 saturated carbocycles. The van der Waals surface area contributed by atoms with Crippen molar-refractivity contribution < 1.29 is 9.32 Å². The van der Waals surface area contributed by atoms with Gasteiger partial charge in [0, 0.05) is 11.6 Å². The monoisotopic (exact) mass is 284 g/mol. The number of hydrogen-bond acceptors (Lipinski definition) is 4. The first-order chi connectivity index (χ1) is 9.83. The second-order valence-corrected chi connectivity index (χ2v) is 5.16. The smallest absolute Gasteiger partial charge is 0.251 e. The van der Waals surface area contributed by atoms with E-state index >= 15 is 0 Å². The molecule has 0 radical (unpaired) electrons. The van der Waals surface area contributed by atoms with Gasteiger partial charge >= 0.3 is 0 Å². The van der Waals surface area contributed by atoms with Gasteiger partial charge in [0.05, 0.1) is 11.4 Å². The minimum absolute atomic E-state index is 0.119. The first-order valence-electron chi connectivity index (χ1n) is 6.15. The molecular weight excluding hydrogens is 272 g/mol. The Balaban J connectivity index is 1.63. The van der Waals surface area contributed by atoms with E-state index in [2.05, 4.69) is 10.5 Å². The maximum absolute atomic E-state index is 11.9. The van der Waals surface area contributed by atoms with Crippen molar-refractivity contribution in [2.75, 3.05) is 0 Å². The van der Waals surface area contributed by atoms with Gasteiger partial charge in [0.1, 0.15) is 5.69 Å². The molecule has 0 spiro atoms. The molecule has 1 amide bonds. The lowest BCUT2D eigenvalue weighted by atomic mass is 10.2. The molecule has 1 N–H and O–H groups in total. The van der Waals surface area contributed by atoms with Crippen LogP contribution in [0, 0.1) is 0 Å². The second kappa shape index (κ2) is 5.71. The van der Waals surface area contributed by atoms with Crippen molar-refractivity contribution in [1.29, 1.82) is 0 Å². The standard InChI is InChI=1S/C15H12N2O2S/c18-15(11-5-2-1-3-6-11)16-10-12-9-13(19-17-12)14-7-4-8-20-14/h1-9H,10H2,(H,16,18). The van der Waals surface area contributed by atoms with E-state index in [0.717, 1.165) is 10.6 Å². The van der Waals surface area contributed by atoms with Gasteiger partial charge in [-0.1, -0.05) is 29.4 Å². The Morgan fingerprint density at radius 2 is 2.05 bits per heavy atom. The van der Waals surface area contributed by atoms with Gasteiger partial charge in [-0.3, -0.25) is 4.79 Å². The molecule has 100 valence electrons. The molecule has 0 fully saturated rings. The van der Waals surface area contributed by atoms with E-state index in [1.54, 1.807) is 23.5 Å². The van der Waals surface area contributed by atoms with E-state index < -0.39 is 0 Å². The van der Waals surface area contributed by atoms with Gasteiger partial charge in [0.25, 0.3) is 5.91 Å². The highest BCUT2D eigenvalue weighted by Crippen LogP contribution is 2.24. The van der Waals surface area contributed by atoms with Crippen molar-refractivity contribution in [3.05, 3.63) is 65.2 Å². The minimum Gasteiger partial charge on any atom is -0.355 e. The number of rotatable bonds is 4. The van der Waals surface area contributed by atoms with E-state index in [4.69, 9.17) is 4.52 Å². The molecule has 5 heteroatoms. The van der Waals surface area contributed by atoms with Gasteiger partial charge in [-0.25, -0.2) is 0 Å². The SMILES string of the molecule is O=C(NCc1cc(-c2cccs2)on1)c1ccccc1. The summed E-state index contributed by atoms with van der Waals surface area (Å²) < 4.78 is 5.26. The van der Waals surface area contributed by atoms with Crippen LogP contribution >= 0.6 is 11.3 Å². The number of amides is 1. The molecule has 0 unspecified atom stereocenters. The van der Waals surface area contributed by atoms with Crippen LogP contribution in [0.4, 0.5) is 0 Å². The molecule has 3 rings (SSSR count). The number of thiophene rings is 1. The van der Waals surface area contributed by atoms with Crippen LogP contribution in [-0.2, 0) is 6.54 Å². The Morgan fingerprint density at radius 1 is 1.20 bits per heavy atom. The quantitative estimate of drug-likeness (QED) is 0.799. The highest BCUT2D eigenvalue weighted by molar-refractivity contribution is 7.13. The summed E-state index contributed by atoms with van der Waals surface area (Å²) >= 11 is 1.59. The molecule has 1 aromatic carbocycles. The molecule has 0 aliphatic carbocycles. The number of benzene rings is 1. The van der Waals surface area contributed by atoms with Crippen LogP contribution in [0.2, 0.25) is 0 Å². The van der Waals surface area contributed by atoms with Gasteiger partial charge in [0.15, 0.2) is 5.76 Å². The van der Waals surface area contributed by atoms with E-state index in [1.807, 2.05) is 41.8 Å². The van der Waals surface area contributed by atoms with Gasteiger partial charge in [0.2, 0.25) is 0 Å². The summed E-state index contributed by atoms with van der Waals surface area (Å²) in [5.74, 6) is 0.607. The third-order valence-corrected chi connectivity index (χ3v) is 3.67. The molecule has 20 heavy (non-hydrogen) atoms. The van der Waals surface area contributed by atoms with Gasteiger partial charge < -0.3 is 9.84 Å². The first-order valence-corrected chi connectivity index (χ1v) is 7.03. The van der Waals surface area contributed by atoms with E-state index in [9.17, 15) is 4.79 Å². The average molecular weight is 284 g/mol. The number of hydrogen-bond donors (Lipinski definition) is 1. The minimum atomic E-state index is -0.119. The van der Waals surface area contributed by atoms with Crippen molar-refractivity contribution in [3.63, 3.8) is 0 Å². The Labute approximate surface area is 120 Å². The van der Waals surface area contributed by atoms with Crippen LogP contribution in [0.5, 0.6) is 0 Å². The number of nitrogens with one attached hydrogen (secondary N) is 1. The van der Waals surface area contributed by atoms with Crippen LogP contribution in [0.3, 0.4) is 0 Å². The summed E-state index contributed by atoms with van der Waals surface area (Å²) in [6.45, 7) is 0.350. The molecular formula is C15H12N2O2S. The third-order valence-electron chi connectivity index (χ3n) is 2.79. The lowest BCUT2D eigenvalue weighted by Crippen LogP contribution is -2.22. The summed E-state index contributed by atoms with van der Waals surface area (Å²) in [5, 5.41) is 8.75. The van der Waals surface area contributed by atoms with Gasteiger partial charge in [-0.2, -0.15) is 0 Å². The van der Waals surface area contributed by atoms with Gasteiger partial charge in [-0.15, -0.1) is 11.3 Å². The fourth-order valence-electron chi connectivity index (χ4n) is 1.79. The number of aromatic nitrogens is 1. The highest BCUT2D eigenvalue weighted by atomic mass is 32.1. The van der Waals surface area contributed by atoms with Crippen molar-refractivity contribution in [1.82, 2.24) is 10.5 Å². The fraction of sp³-hybridized carbons (Fsp3) is 0.0667. The second-order valence-electron chi connectivity index (χ2n) is 4.21. The maximum atomic E-state index is 11.9. The zero-order valence-electron chi connectivity index (χ0n) is 10.6. The molecule has 0 aliphatic heterocycles. The lowest BCUT2D eigenvalue weighted by molar-refractivity contribution is 0.0950. The summed E-state index contributed by atoms with van der Waals surface area (Å²) in [4.78, 5) is 12.9. The number of carbonyl (C=O) groups is 1. The van der Waals surface area contributed by atoms with Crippen LogP contribution in [-0.4, -0.2) is 11.1 Å². The zero-order valence-corrected chi connectivity index (χ0v) is 11.4. The third kappa shape index (κ3) is 2.78. The molecule has 4 nitrogen and oxygen atoms in total. The van der Waals surface area contributed by atoms with E-state index in [1.165, 1.54) is 0 Å². The van der Waals surface area contributed by atoms with Crippen molar-refractivity contribution in [2.24, 2.45) is 0 Å². The molecule has 0 atom stereocenters. The maximum Gasteiger partial charge on any atom is 0.251 e. The lowest BCUT2D eigenvalue weighted by Gasteiger charge is -2.01. The van der Waals surface area contributed by atoms with E-state index in [-0.39, 0.29) is 5.91 Å². The van der Waals surface area contributed by atoms with Crippen LogP contribution in [0.15, 0.2) is 58.4 Å².